The highest BCUT2D eigenvalue weighted by Crippen LogP contribution is 2.32. The van der Waals surface area contributed by atoms with Crippen LogP contribution >= 0.6 is 0 Å². The van der Waals surface area contributed by atoms with E-state index in [1.54, 1.807) is 0 Å². The van der Waals surface area contributed by atoms with Crippen molar-refractivity contribution in [2.75, 3.05) is 26.3 Å². The summed E-state index contributed by atoms with van der Waals surface area (Å²) in [7, 11) is 0. The minimum Gasteiger partial charge on any atom is -0.378 e. The molecule has 1 amide bonds. The predicted octanol–water partition coefficient (Wildman–Crippen LogP) is 0.635. The first-order valence-corrected chi connectivity index (χ1v) is 6.80. The number of ether oxygens (including phenoxy) is 1. The summed E-state index contributed by atoms with van der Waals surface area (Å²) >= 11 is 0. The van der Waals surface area contributed by atoms with E-state index in [0.29, 0.717) is 13.2 Å². The third-order valence-electron chi connectivity index (χ3n) is 3.73. The molecule has 2 unspecified atom stereocenters. The third-order valence-corrected chi connectivity index (χ3v) is 3.73. The van der Waals surface area contributed by atoms with Crippen LogP contribution in [0.3, 0.4) is 0 Å². The fourth-order valence-electron chi connectivity index (χ4n) is 2.79. The van der Waals surface area contributed by atoms with Crippen LogP contribution in [-0.2, 0) is 9.53 Å². The molecule has 104 valence electrons. The summed E-state index contributed by atoms with van der Waals surface area (Å²) in [6, 6.07) is 1.72. The second-order valence-corrected chi connectivity index (χ2v) is 5.14. The van der Waals surface area contributed by atoms with Gasteiger partial charge < -0.3 is 19.5 Å². The quantitative estimate of drug-likeness (QED) is 0.849. The van der Waals surface area contributed by atoms with E-state index in [1.807, 2.05) is 17.9 Å². The molecule has 0 spiro atoms. The Morgan fingerprint density at radius 1 is 1.58 bits per heavy atom. The molecule has 0 aromatic carbocycles. The molecule has 2 fully saturated rings. The highest BCUT2D eigenvalue weighted by Gasteiger charge is 2.36. The zero-order valence-electron chi connectivity index (χ0n) is 11.1. The van der Waals surface area contributed by atoms with E-state index in [-0.39, 0.29) is 18.0 Å². The molecule has 0 bridgehead atoms. The van der Waals surface area contributed by atoms with Gasteiger partial charge in [0.1, 0.15) is 6.04 Å². The number of morpholine rings is 1. The number of likely N-dealkylation sites (tertiary alicyclic amines) is 1. The number of hydrogen-bond donors (Lipinski definition) is 1. The largest absolute Gasteiger partial charge is 0.378 e. The fourth-order valence-corrected chi connectivity index (χ4v) is 2.79. The van der Waals surface area contributed by atoms with Gasteiger partial charge in [-0.25, -0.2) is 0 Å². The average molecular weight is 265 g/mol. The fraction of sp³-hybridized carbons (Fsp3) is 0.692. The SMILES string of the molecule is Cc1cc(C2CCCN2C(=O)C2COCCN2)on1. The maximum Gasteiger partial charge on any atom is 0.242 e. The lowest BCUT2D eigenvalue weighted by Gasteiger charge is -2.30. The van der Waals surface area contributed by atoms with Crippen LogP contribution in [0.2, 0.25) is 0 Å². The summed E-state index contributed by atoms with van der Waals surface area (Å²) in [6.45, 7) is 4.54. The molecule has 2 saturated heterocycles. The Kier molecular flexibility index (Phi) is 3.52. The van der Waals surface area contributed by atoms with Gasteiger partial charge in [0.2, 0.25) is 5.91 Å². The van der Waals surface area contributed by atoms with Crippen molar-refractivity contribution in [1.82, 2.24) is 15.4 Å². The second kappa shape index (κ2) is 5.30. The van der Waals surface area contributed by atoms with Crippen LogP contribution in [0.15, 0.2) is 10.6 Å². The Morgan fingerprint density at radius 3 is 3.16 bits per heavy atom. The van der Waals surface area contributed by atoms with Gasteiger partial charge in [-0.15, -0.1) is 0 Å². The van der Waals surface area contributed by atoms with Crippen LogP contribution in [0.1, 0.15) is 30.3 Å². The first kappa shape index (κ1) is 12.6. The van der Waals surface area contributed by atoms with Gasteiger partial charge in [-0.05, 0) is 19.8 Å². The molecule has 1 N–H and O–H groups in total. The Bertz CT molecular complexity index is 454. The number of aryl methyl sites for hydroxylation is 1. The van der Waals surface area contributed by atoms with Gasteiger partial charge in [0, 0.05) is 19.2 Å². The second-order valence-electron chi connectivity index (χ2n) is 5.14. The zero-order chi connectivity index (χ0) is 13.2. The summed E-state index contributed by atoms with van der Waals surface area (Å²) in [4.78, 5) is 14.4. The van der Waals surface area contributed by atoms with Gasteiger partial charge in [-0.3, -0.25) is 4.79 Å². The van der Waals surface area contributed by atoms with Crippen molar-refractivity contribution >= 4 is 5.91 Å². The highest BCUT2D eigenvalue weighted by molar-refractivity contribution is 5.82. The lowest BCUT2D eigenvalue weighted by Crippen LogP contribution is -2.52. The van der Waals surface area contributed by atoms with Crippen LogP contribution in [0.5, 0.6) is 0 Å². The van der Waals surface area contributed by atoms with Crippen LogP contribution < -0.4 is 5.32 Å². The summed E-state index contributed by atoms with van der Waals surface area (Å²) < 4.78 is 10.7. The van der Waals surface area contributed by atoms with Gasteiger partial charge >= 0.3 is 0 Å². The molecule has 1 aromatic heterocycles. The molecule has 2 atom stereocenters. The van der Waals surface area contributed by atoms with E-state index in [1.165, 1.54) is 0 Å². The first-order chi connectivity index (χ1) is 9.25. The predicted molar refractivity (Wildman–Crippen MR) is 67.5 cm³/mol. The maximum atomic E-state index is 12.5. The lowest BCUT2D eigenvalue weighted by atomic mass is 10.1. The van der Waals surface area contributed by atoms with Crippen molar-refractivity contribution in [1.29, 1.82) is 0 Å². The number of nitrogens with one attached hydrogen (secondary N) is 1. The summed E-state index contributed by atoms with van der Waals surface area (Å²) in [5, 5.41) is 7.12. The Morgan fingerprint density at radius 2 is 2.47 bits per heavy atom. The third kappa shape index (κ3) is 2.50. The molecule has 19 heavy (non-hydrogen) atoms. The maximum absolute atomic E-state index is 12.5. The monoisotopic (exact) mass is 265 g/mol. The molecule has 0 saturated carbocycles. The minimum absolute atomic E-state index is 0.0254. The van der Waals surface area contributed by atoms with Crippen LogP contribution in [-0.4, -0.2) is 48.3 Å². The van der Waals surface area contributed by atoms with Gasteiger partial charge in [-0.2, -0.15) is 0 Å². The van der Waals surface area contributed by atoms with E-state index < -0.39 is 0 Å². The minimum atomic E-state index is -0.224. The molecule has 3 heterocycles. The standard InChI is InChI=1S/C13H19N3O3/c1-9-7-12(19-15-9)11-3-2-5-16(11)13(17)10-8-18-6-4-14-10/h7,10-11,14H,2-6,8H2,1H3. The average Bonchev–Trinajstić information content (AvgIpc) is 3.07. The zero-order valence-corrected chi connectivity index (χ0v) is 11.1. The molecular weight excluding hydrogens is 246 g/mol. The van der Waals surface area contributed by atoms with Crippen LogP contribution in [0.4, 0.5) is 0 Å². The van der Waals surface area contributed by atoms with Crippen LogP contribution in [0, 0.1) is 6.92 Å². The number of amides is 1. The molecule has 1 aromatic rings. The molecule has 0 aliphatic carbocycles. The van der Waals surface area contributed by atoms with Gasteiger partial charge in [0.15, 0.2) is 5.76 Å². The van der Waals surface area contributed by atoms with Gasteiger partial charge in [0.05, 0.1) is 24.9 Å². The summed E-state index contributed by atoms with van der Waals surface area (Å²) in [5.41, 5.74) is 0.855. The Hall–Kier alpha value is -1.40. The Labute approximate surface area is 112 Å². The summed E-state index contributed by atoms with van der Waals surface area (Å²) in [5.74, 6) is 0.899. The van der Waals surface area contributed by atoms with E-state index >= 15 is 0 Å². The van der Waals surface area contributed by atoms with E-state index in [4.69, 9.17) is 9.26 Å². The molecule has 0 radical (unpaired) electrons. The van der Waals surface area contributed by atoms with Crippen molar-refractivity contribution in [3.8, 4) is 0 Å². The molecule has 2 aliphatic heterocycles. The molecule has 3 rings (SSSR count). The van der Waals surface area contributed by atoms with Crippen molar-refractivity contribution in [2.45, 2.75) is 31.8 Å². The van der Waals surface area contributed by atoms with E-state index in [9.17, 15) is 4.79 Å². The van der Waals surface area contributed by atoms with Crippen LogP contribution in [0.25, 0.3) is 0 Å². The number of rotatable bonds is 2. The number of nitrogens with zero attached hydrogens (tertiary/aromatic N) is 2. The summed E-state index contributed by atoms with van der Waals surface area (Å²) in [6.07, 6.45) is 1.94. The number of carbonyl (C=O) groups is 1. The van der Waals surface area contributed by atoms with Crippen molar-refractivity contribution in [3.05, 3.63) is 17.5 Å². The number of carbonyl (C=O) groups excluding carboxylic acids is 1. The topological polar surface area (TPSA) is 67.6 Å². The smallest absolute Gasteiger partial charge is 0.242 e. The van der Waals surface area contributed by atoms with E-state index in [2.05, 4.69) is 10.5 Å². The van der Waals surface area contributed by atoms with E-state index in [0.717, 1.165) is 37.4 Å². The van der Waals surface area contributed by atoms with Gasteiger partial charge in [0.25, 0.3) is 0 Å². The Balaban J connectivity index is 1.73. The molecule has 6 heteroatoms. The number of aromatic nitrogens is 1. The van der Waals surface area contributed by atoms with Crippen molar-refractivity contribution in [3.63, 3.8) is 0 Å². The normalized spacial score (nSPS) is 27.7. The number of hydrogen-bond acceptors (Lipinski definition) is 5. The van der Waals surface area contributed by atoms with Crippen molar-refractivity contribution < 1.29 is 14.1 Å². The highest BCUT2D eigenvalue weighted by atomic mass is 16.5. The van der Waals surface area contributed by atoms with Gasteiger partial charge in [-0.1, -0.05) is 5.16 Å². The molecule has 6 nitrogen and oxygen atoms in total. The van der Waals surface area contributed by atoms with Crippen molar-refractivity contribution in [2.24, 2.45) is 0 Å². The first-order valence-electron chi connectivity index (χ1n) is 6.80. The molecular formula is C13H19N3O3. The lowest BCUT2D eigenvalue weighted by molar-refractivity contribution is -0.137. The molecule has 2 aliphatic rings.